The molecule has 0 aliphatic carbocycles. The van der Waals surface area contributed by atoms with Crippen LogP contribution < -0.4 is 5.32 Å². The van der Waals surface area contributed by atoms with Gasteiger partial charge in [-0.1, -0.05) is 12.1 Å². The SMILES string of the molecule is C[C@H]1CN(C(=O)c2ccccc2NC(=O)c2ccoc2)C[C@H](C)O1. The number of amides is 2. The smallest absolute Gasteiger partial charge is 0.258 e. The van der Waals surface area contributed by atoms with E-state index in [4.69, 9.17) is 9.15 Å². The van der Waals surface area contributed by atoms with Crippen molar-refractivity contribution in [1.82, 2.24) is 4.90 Å². The van der Waals surface area contributed by atoms with Crippen molar-refractivity contribution in [3.63, 3.8) is 0 Å². The third kappa shape index (κ3) is 3.49. The van der Waals surface area contributed by atoms with Crippen molar-refractivity contribution in [2.75, 3.05) is 18.4 Å². The van der Waals surface area contributed by atoms with E-state index < -0.39 is 0 Å². The van der Waals surface area contributed by atoms with Gasteiger partial charge in [0.05, 0.1) is 35.3 Å². The minimum absolute atomic E-state index is 0.00890. The van der Waals surface area contributed by atoms with Gasteiger partial charge in [-0.3, -0.25) is 9.59 Å². The van der Waals surface area contributed by atoms with Gasteiger partial charge in [0.15, 0.2) is 0 Å². The summed E-state index contributed by atoms with van der Waals surface area (Å²) in [6, 6.07) is 8.59. The maximum Gasteiger partial charge on any atom is 0.258 e. The van der Waals surface area contributed by atoms with Gasteiger partial charge < -0.3 is 19.4 Å². The molecule has 2 atom stereocenters. The predicted molar refractivity (Wildman–Crippen MR) is 89.0 cm³/mol. The Balaban J connectivity index is 1.81. The molecule has 6 heteroatoms. The van der Waals surface area contributed by atoms with E-state index in [1.165, 1.54) is 12.5 Å². The number of hydrogen-bond acceptors (Lipinski definition) is 4. The van der Waals surface area contributed by atoms with Crippen molar-refractivity contribution in [2.45, 2.75) is 26.1 Å². The molecule has 126 valence electrons. The molecule has 1 aromatic carbocycles. The van der Waals surface area contributed by atoms with Crippen LogP contribution >= 0.6 is 0 Å². The zero-order valence-corrected chi connectivity index (χ0v) is 13.7. The van der Waals surface area contributed by atoms with Crippen LogP contribution in [0.15, 0.2) is 47.3 Å². The van der Waals surface area contributed by atoms with Crippen LogP contribution in [0.5, 0.6) is 0 Å². The van der Waals surface area contributed by atoms with E-state index in [1.807, 2.05) is 13.8 Å². The number of anilines is 1. The second kappa shape index (κ2) is 6.88. The van der Waals surface area contributed by atoms with Crippen LogP contribution in [0.1, 0.15) is 34.6 Å². The molecule has 2 amide bonds. The average Bonchev–Trinajstić information content (AvgIpc) is 3.08. The Bertz CT molecular complexity index is 716. The zero-order valence-electron chi connectivity index (χ0n) is 13.7. The Hall–Kier alpha value is -2.60. The molecule has 0 bridgehead atoms. The van der Waals surface area contributed by atoms with Crippen LogP contribution in [0.25, 0.3) is 0 Å². The van der Waals surface area contributed by atoms with Crippen molar-refractivity contribution in [3.05, 3.63) is 54.0 Å². The highest BCUT2D eigenvalue weighted by molar-refractivity contribution is 6.08. The number of hydrogen-bond donors (Lipinski definition) is 1. The summed E-state index contributed by atoms with van der Waals surface area (Å²) in [5.41, 5.74) is 1.36. The molecule has 0 spiro atoms. The molecule has 3 rings (SSSR count). The molecule has 24 heavy (non-hydrogen) atoms. The van der Waals surface area contributed by atoms with Crippen molar-refractivity contribution in [1.29, 1.82) is 0 Å². The van der Waals surface area contributed by atoms with Crippen LogP contribution in [-0.4, -0.2) is 42.0 Å². The number of carbonyl (C=O) groups is 2. The first kappa shape index (κ1) is 16.3. The molecule has 1 aliphatic heterocycles. The van der Waals surface area contributed by atoms with Gasteiger partial charge in [-0.05, 0) is 32.0 Å². The van der Waals surface area contributed by atoms with E-state index in [1.54, 1.807) is 35.2 Å². The fraction of sp³-hybridized carbons (Fsp3) is 0.333. The Labute approximate surface area is 140 Å². The summed E-state index contributed by atoms with van der Waals surface area (Å²) in [5, 5.41) is 2.78. The van der Waals surface area contributed by atoms with E-state index in [2.05, 4.69) is 5.32 Å². The molecule has 1 aliphatic rings. The Morgan fingerprint density at radius 2 is 1.83 bits per heavy atom. The van der Waals surface area contributed by atoms with Gasteiger partial charge in [0.1, 0.15) is 6.26 Å². The van der Waals surface area contributed by atoms with E-state index in [-0.39, 0.29) is 24.0 Å². The first-order valence-corrected chi connectivity index (χ1v) is 7.92. The first-order valence-electron chi connectivity index (χ1n) is 7.92. The Kier molecular flexibility index (Phi) is 4.66. The molecule has 0 saturated carbocycles. The highest BCUT2D eigenvalue weighted by Gasteiger charge is 2.28. The summed E-state index contributed by atoms with van der Waals surface area (Å²) in [6.45, 7) is 4.96. The van der Waals surface area contributed by atoms with Crippen molar-refractivity contribution in [3.8, 4) is 0 Å². The molecule has 1 N–H and O–H groups in total. The molecule has 1 saturated heterocycles. The lowest BCUT2D eigenvalue weighted by atomic mass is 10.1. The number of benzene rings is 1. The van der Waals surface area contributed by atoms with Crippen LogP contribution in [-0.2, 0) is 4.74 Å². The fourth-order valence-corrected chi connectivity index (χ4v) is 2.88. The van der Waals surface area contributed by atoms with Crippen LogP contribution in [0.3, 0.4) is 0 Å². The normalized spacial score (nSPS) is 20.7. The number of rotatable bonds is 3. The van der Waals surface area contributed by atoms with E-state index in [0.29, 0.717) is 29.9 Å². The van der Waals surface area contributed by atoms with Crippen LogP contribution in [0.4, 0.5) is 5.69 Å². The van der Waals surface area contributed by atoms with Gasteiger partial charge in [0, 0.05) is 13.1 Å². The second-order valence-electron chi connectivity index (χ2n) is 5.98. The minimum Gasteiger partial charge on any atom is -0.472 e. The molecule has 1 aromatic heterocycles. The Morgan fingerprint density at radius 1 is 1.12 bits per heavy atom. The Morgan fingerprint density at radius 3 is 2.50 bits per heavy atom. The fourth-order valence-electron chi connectivity index (χ4n) is 2.88. The number of ether oxygens (including phenoxy) is 1. The van der Waals surface area contributed by atoms with Gasteiger partial charge in [0.2, 0.25) is 0 Å². The lowest BCUT2D eigenvalue weighted by molar-refractivity contribution is -0.0585. The number of furan rings is 1. The number of carbonyl (C=O) groups excluding carboxylic acids is 2. The standard InChI is InChI=1S/C18H20N2O4/c1-12-9-20(10-13(2)24-12)18(22)15-5-3-4-6-16(15)19-17(21)14-7-8-23-11-14/h3-8,11-13H,9-10H2,1-2H3,(H,19,21)/t12-,13-/m0/s1. The monoisotopic (exact) mass is 328 g/mol. The summed E-state index contributed by atoms with van der Waals surface area (Å²) in [6.07, 6.45) is 2.78. The average molecular weight is 328 g/mol. The number of nitrogens with zero attached hydrogens (tertiary/aromatic N) is 1. The molecule has 6 nitrogen and oxygen atoms in total. The van der Waals surface area contributed by atoms with Crippen molar-refractivity contribution >= 4 is 17.5 Å². The summed E-state index contributed by atoms with van der Waals surface area (Å²) in [7, 11) is 0. The van der Waals surface area contributed by atoms with E-state index in [9.17, 15) is 9.59 Å². The highest BCUT2D eigenvalue weighted by Crippen LogP contribution is 2.21. The molecule has 0 radical (unpaired) electrons. The van der Waals surface area contributed by atoms with Crippen molar-refractivity contribution in [2.24, 2.45) is 0 Å². The number of nitrogens with one attached hydrogen (secondary N) is 1. The molecular formula is C18H20N2O4. The predicted octanol–water partition coefficient (Wildman–Crippen LogP) is 2.78. The van der Waals surface area contributed by atoms with Gasteiger partial charge in [-0.25, -0.2) is 0 Å². The van der Waals surface area contributed by atoms with Crippen LogP contribution in [0, 0.1) is 0 Å². The van der Waals surface area contributed by atoms with Gasteiger partial charge in [-0.2, -0.15) is 0 Å². The zero-order chi connectivity index (χ0) is 17.1. The number of para-hydroxylation sites is 1. The summed E-state index contributed by atoms with van der Waals surface area (Å²) < 4.78 is 10.6. The molecule has 2 aromatic rings. The molecule has 2 heterocycles. The highest BCUT2D eigenvalue weighted by atomic mass is 16.5. The lowest BCUT2D eigenvalue weighted by Gasteiger charge is -2.35. The number of morpholine rings is 1. The molecule has 1 fully saturated rings. The third-order valence-corrected chi connectivity index (χ3v) is 3.90. The summed E-state index contributed by atoms with van der Waals surface area (Å²) in [5.74, 6) is -0.423. The quantitative estimate of drug-likeness (QED) is 0.940. The maximum atomic E-state index is 12.9. The van der Waals surface area contributed by atoms with E-state index in [0.717, 1.165) is 0 Å². The van der Waals surface area contributed by atoms with E-state index >= 15 is 0 Å². The van der Waals surface area contributed by atoms with Crippen molar-refractivity contribution < 1.29 is 18.7 Å². The third-order valence-electron chi connectivity index (χ3n) is 3.90. The largest absolute Gasteiger partial charge is 0.472 e. The molecule has 0 unspecified atom stereocenters. The summed E-state index contributed by atoms with van der Waals surface area (Å²) in [4.78, 5) is 26.9. The lowest BCUT2D eigenvalue weighted by Crippen LogP contribution is -2.48. The van der Waals surface area contributed by atoms with Gasteiger partial charge >= 0.3 is 0 Å². The maximum absolute atomic E-state index is 12.9. The summed E-state index contributed by atoms with van der Waals surface area (Å²) >= 11 is 0. The molecular weight excluding hydrogens is 308 g/mol. The topological polar surface area (TPSA) is 71.8 Å². The van der Waals surface area contributed by atoms with Gasteiger partial charge in [-0.15, -0.1) is 0 Å². The minimum atomic E-state index is -0.312. The van der Waals surface area contributed by atoms with Gasteiger partial charge in [0.25, 0.3) is 11.8 Å². The first-order chi connectivity index (χ1) is 11.5. The second-order valence-corrected chi connectivity index (χ2v) is 5.98. The van der Waals surface area contributed by atoms with Crippen LogP contribution in [0.2, 0.25) is 0 Å².